The SMILES string of the molecule is Cc1n[nH]c(C)c1[C@@H]1CCCCCN1C(=O)Nc1cccnn1. The Morgan fingerprint density at radius 1 is 1.35 bits per heavy atom. The van der Waals surface area contributed by atoms with Crippen molar-refractivity contribution in [3.05, 3.63) is 35.3 Å². The van der Waals surface area contributed by atoms with Gasteiger partial charge in [-0.1, -0.05) is 12.8 Å². The zero-order chi connectivity index (χ0) is 16.2. The van der Waals surface area contributed by atoms with Gasteiger partial charge in [0, 0.05) is 24.0 Å². The highest BCUT2D eigenvalue weighted by Gasteiger charge is 2.30. The summed E-state index contributed by atoms with van der Waals surface area (Å²) in [5.74, 6) is 0.473. The molecule has 1 aliphatic rings. The van der Waals surface area contributed by atoms with E-state index in [9.17, 15) is 4.79 Å². The van der Waals surface area contributed by atoms with Gasteiger partial charge in [-0.25, -0.2) is 4.79 Å². The number of anilines is 1. The normalized spacial score (nSPS) is 18.5. The molecule has 2 aromatic heterocycles. The number of rotatable bonds is 2. The number of hydrogen-bond donors (Lipinski definition) is 2. The molecule has 0 aromatic carbocycles. The van der Waals surface area contributed by atoms with Gasteiger partial charge in [0.15, 0.2) is 5.82 Å². The monoisotopic (exact) mass is 314 g/mol. The van der Waals surface area contributed by atoms with Crippen LogP contribution < -0.4 is 5.32 Å². The summed E-state index contributed by atoms with van der Waals surface area (Å²) >= 11 is 0. The third kappa shape index (κ3) is 3.33. The third-order valence-corrected chi connectivity index (χ3v) is 4.34. The number of likely N-dealkylation sites (tertiary alicyclic amines) is 1. The van der Waals surface area contributed by atoms with Crippen molar-refractivity contribution in [2.24, 2.45) is 0 Å². The summed E-state index contributed by atoms with van der Waals surface area (Å²) in [6.45, 7) is 4.74. The van der Waals surface area contributed by atoms with Gasteiger partial charge in [-0.15, -0.1) is 5.10 Å². The molecule has 0 saturated carbocycles. The van der Waals surface area contributed by atoms with Gasteiger partial charge in [0.25, 0.3) is 0 Å². The first-order valence-electron chi connectivity index (χ1n) is 8.03. The number of aryl methyl sites for hydroxylation is 2. The van der Waals surface area contributed by atoms with E-state index in [2.05, 4.69) is 25.7 Å². The zero-order valence-corrected chi connectivity index (χ0v) is 13.5. The van der Waals surface area contributed by atoms with Crippen molar-refractivity contribution in [3.8, 4) is 0 Å². The van der Waals surface area contributed by atoms with E-state index >= 15 is 0 Å². The molecule has 2 aromatic rings. The molecule has 0 aliphatic carbocycles. The van der Waals surface area contributed by atoms with Crippen LogP contribution in [0.25, 0.3) is 0 Å². The van der Waals surface area contributed by atoms with Gasteiger partial charge in [0.1, 0.15) is 0 Å². The predicted molar refractivity (Wildman–Crippen MR) is 87.0 cm³/mol. The van der Waals surface area contributed by atoms with Crippen LogP contribution in [0.3, 0.4) is 0 Å². The van der Waals surface area contributed by atoms with Crippen LogP contribution in [-0.2, 0) is 0 Å². The van der Waals surface area contributed by atoms with Crippen molar-refractivity contribution in [1.29, 1.82) is 0 Å². The third-order valence-electron chi connectivity index (χ3n) is 4.34. The van der Waals surface area contributed by atoms with Crippen LogP contribution in [0, 0.1) is 13.8 Å². The van der Waals surface area contributed by atoms with Gasteiger partial charge in [-0.3, -0.25) is 10.4 Å². The van der Waals surface area contributed by atoms with E-state index in [1.54, 1.807) is 18.3 Å². The minimum atomic E-state index is -0.127. The molecule has 0 unspecified atom stereocenters. The second-order valence-electron chi connectivity index (χ2n) is 5.95. The molecule has 0 bridgehead atoms. The molecule has 3 rings (SSSR count). The maximum atomic E-state index is 12.8. The van der Waals surface area contributed by atoms with Gasteiger partial charge in [0.05, 0.1) is 11.7 Å². The Hall–Kier alpha value is -2.44. The summed E-state index contributed by atoms with van der Waals surface area (Å²) < 4.78 is 0. The highest BCUT2D eigenvalue weighted by atomic mass is 16.2. The molecule has 2 N–H and O–H groups in total. The lowest BCUT2D eigenvalue weighted by molar-refractivity contribution is 0.189. The van der Waals surface area contributed by atoms with Crippen molar-refractivity contribution in [3.63, 3.8) is 0 Å². The molecule has 2 amide bonds. The molecule has 0 radical (unpaired) electrons. The van der Waals surface area contributed by atoms with Crippen LogP contribution in [-0.4, -0.2) is 37.9 Å². The number of carbonyl (C=O) groups is 1. The number of aromatic amines is 1. The van der Waals surface area contributed by atoms with E-state index in [1.807, 2.05) is 18.7 Å². The fourth-order valence-electron chi connectivity index (χ4n) is 3.25. The second kappa shape index (κ2) is 6.76. The molecular weight excluding hydrogens is 292 g/mol. The first-order valence-corrected chi connectivity index (χ1v) is 8.03. The fourth-order valence-corrected chi connectivity index (χ4v) is 3.25. The lowest BCUT2D eigenvalue weighted by Gasteiger charge is -2.30. The van der Waals surface area contributed by atoms with Gasteiger partial charge in [0.2, 0.25) is 0 Å². The summed E-state index contributed by atoms with van der Waals surface area (Å²) in [5.41, 5.74) is 3.14. The lowest BCUT2D eigenvalue weighted by Crippen LogP contribution is -2.38. The van der Waals surface area contributed by atoms with Crippen LogP contribution in [0.15, 0.2) is 18.3 Å². The Morgan fingerprint density at radius 3 is 2.91 bits per heavy atom. The fraction of sp³-hybridized carbons (Fsp3) is 0.500. The standard InChI is InChI=1S/C16H22N6O/c1-11-15(12(2)20-19-11)13-7-4-3-5-10-22(13)16(23)18-14-8-6-9-17-21-14/h6,8-9,13H,3-5,7,10H2,1-2H3,(H,19,20)(H,18,21,23)/t13-/m0/s1. The predicted octanol–water partition coefficient (Wildman–Crippen LogP) is 2.97. The average Bonchev–Trinajstić information content (AvgIpc) is 2.76. The molecule has 1 fully saturated rings. The molecule has 122 valence electrons. The van der Waals surface area contributed by atoms with Crippen molar-refractivity contribution < 1.29 is 4.79 Å². The average molecular weight is 314 g/mol. The first-order chi connectivity index (χ1) is 11.2. The van der Waals surface area contributed by atoms with Crippen molar-refractivity contribution in [2.75, 3.05) is 11.9 Å². The summed E-state index contributed by atoms with van der Waals surface area (Å²) in [6, 6.07) is 3.42. The Morgan fingerprint density at radius 2 is 2.22 bits per heavy atom. The Balaban J connectivity index is 1.85. The largest absolute Gasteiger partial charge is 0.323 e. The number of H-pyrrole nitrogens is 1. The first kappa shape index (κ1) is 15.5. The number of nitrogens with one attached hydrogen (secondary N) is 2. The van der Waals surface area contributed by atoms with Crippen molar-refractivity contribution >= 4 is 11.8 Å². The minimum absolute atomic E-state index is 0.0490. The van der Waals surface area contributed by atoms with Crippen molar-refractivity contribution in [1.82, 2.24) is 25.3 Å². The number of hydrogen-bond acceptors (Lipinski definition) is 4. The number of nitrogens with zero attached hydrogens (tertiary/aromatic N) is 4. The number of urea groups is 1. The van der Waals surface area contributed by atoms with E-state index in [-0.39, 0.29) is 12.1 Å². The van der Waals surface area contributed by atoms with Crippen LogP contribution in [0.2, 0.25) is 0 Å². The summed E-state index contributed by atoms with van der Waals surface area (Å²) in [5, 5.41) is 17.9. The molecule has 23 heavy (non-hydrogen) atoms. The zero-order valence-electron chi connectivity index (χ0n) is 13.5. The van der Waals surface area contributed by atoms with E-state index in [0.717, 1.165) is 49.2 Å². The van der Waals surface area contributed by atoms with Crippen LogP contribution >= 0.6 is 0 Å². The summed E-state index contributed by atoms with van der Waals surface area (Å²) in [6.07, 6.45) is 5.81. The molecule has 0 spiro atoms. The van der Waals surface area contributed by atoms with Gasteiger partial charge in [-0.05, 0) is 38.8 Å². The van der Waals surface area contributed by atoms with E-state index < -0.39 is 0 Å². The quantitative estimate of drug-likeness (QED) is 0.892. The Kier molecular flexibility index (Phi) is 4.55. The maximum Gasteiger partial charge on any atom is 0.323 e. The highest BCUT2D eigenvalue weighted by Crippen LogP contribution is 2.33. The van der Waals surface area contributed by atoms with Gasteiger partial charge in [-0.2, -0.15) is 10.2 Å². The topological polar surface area (TPSA) is 86.8 Å². The minimum Gasteiger partial charge on any atom is -0.317 e. The molecule has 1 aliphatic heterocycles. The summed E-state index contributed by atoms with van der Waals surface area (Å²) in [7, 11) is 0. The Bertz CT molecular complexity index is 649. The molecule has 7 heteroatoms. The van der Waals surface area contributed by atoms with E-state index in [4.69, 9.17) is 0 Å². The van der Waals surface area contributed by atoms with Crippen LogP contribution in [0.5, 0.6) is 0 Å². The van der Waals surface area contributed by atoms with Gasteiger partial charge < -0.3 is 4.90 Å². The van der Waals surface area contributed by atoms with Crippen LogP contribution in [0.4, 0.5) is 10.6 Å². The lowest BCUT2D eigenvalue weighted by atomic mass is 9.99. The molecule has 7 nitrogen and oxygen atoms in total. The number of carbonyl (C=O) groups excluding carboxylic acids is 1. The highest BCUT2D eigenvalue weighted by molar-refractivity contribution is 5.88. The van der Waals surface area contributed by atoms with Crippen molar-refractivity contribution in [2.45, 2.75) is 45.6 Å². The Labute approximate surface area is 135 Å². The number of aromatic nitrogens is 4. The molecule has 1 atom stereocenters. The maximum absolute atomic E-state index is 12.8. The smallest absolute Gasteiger partial charge is 0.317 e. The summed E-state index contributed by atoms with van der Waals surface area (Å²) in [4.78, 5) is 14.7. The number of amides is 2. The molecule has 3 heterocycles. The van der Waals surface area contributed by atoms with E-state index in [0.29, 0.717) is 5.82 Å². The van der Waals surface area contributed by atoms with E-state index in [1.165, 1.54) is 0 Å². The van der Waals surface area contributed by atoms with Crippen LogP contribution in [0.1, 0.15) is 48.7 Å². The molecular formula is C16H22N6O. The van der Waals surface area contributed by atoms with Gasteiger partial charge >= 0.3 is 6.03 Å². The second-order valence-corrected chi connectivity index (χ2v) is 5.95. The molecule has 1 saturated heterocycles.